The number of aliphatic hydroxyl groups excluding tert-OH is 2. The fourth-order valence-electron chi connectivity index (χ4n) is 1.56. The van der Waals surface area contributed by atoms with Crippen LogP contribution in [-0.2, 0) is 0 Å². The van der Waals surface area contributed by atoms with Crippen LogP contribution in [0.2, 0.25) is 0 Å². The second-order valence-corrected chi connectivity index (χ2v) is 3.71. The predicted octanol–water partition coefficient (Wildman–Crippen LogP) is 0.337. The van der Waals surface area contributed by atoms with E-state index in [1.165, 1.54) is 0 Å². The highest BCUT2D eigenvalue weighted by atomic mass is 16.5. The minimum absolute atomic E-state index is 0.257. The van der Waals surface area contributed by atoms with Crippen molar-refractivity contribution in [3.8, 4) is 5.88 Å². The molecule has 2 aromatic rings. The van der Waals surface area contributed by atoms with Gasteiger partial charge in [0.25, 0.3) is 0 Å². The van der Waals surface area contributed by atoms with Crippen LogP contribution in [0.4, 0.5) is 5.69 Å². The average Bonchev–Trinajstić information content (AvgIpc) is 2.78. The number of hydrogen-bond acceptors (Lipinski definition) is 5. The third-order valence-corrected chi connectivity index (χ3v) is 2.47. The van der Waals surface area contributed by atoms with Crippen molar-refractivity contribution in [2.24, 2.45) is 0 Å². The van der Waals surface area contributed by atoms with Gasteiger partial charge in [-0.2, -0.15) is 0 Å². The summed E-state index contributed by atoms with van der Waals surface area (Å²) in [5.74, 6) is 0.557. The van der Waals surface area contributed by atoms with Crippen molar-refractivity contribution in [2.45, 2.75) is 6.10 Å². The van der Waals surface area contributed by atoms with E-state index in [1.807, 2.05) is 18.2 Å². The van der Waals surface area contributed by atoms with Gasteiger partial charge >= 0.3 is 0 Å². The van der Waals surface area contributed by atoms with E-state index in [4.69, 9.17) is 9.84 Å². The van der Waals surface area contributed by atoms with Crippen LogP contribution in [0, 0.1) is 0 Å². The molecule has 6 nitrogen and oxygen atoms in total. The zero-order valence-electron chi connectivity index (χ0n) is 9.47. The van der Waals surface area contributed by atoms with Gasteiger partial charge in [-0.1, -0.05) is 0 Å². The number of aliphatic hydroxyl groups is 2. The lowest BCUT2D eigenvalue weighted by molar-refractivity contribution is 0.105. The summed E-state index contributed by atoms with van der Waals surface area (Å²) in [6.45, 7) is 0.0421. The second-order valence-electron chi connectivity index (χ2n) is 3.71. The maximum absolute atomic E-state index is 9.22. The summed E-state index contributed by atoms with van der Waals surface area (Å²) >= 11 is 0. The molecule has 0 saturated carbocycles. The summed E-state index contributed by atoms with van der Waals surface area (Å²) in [7, 11) is 1.57. The number of rotatable bonds is 5. The molecule has 1 unspecified atom stereocenters. The van der Waals surface area contributed by atoms with Crippen LogP contribution >= 0.6 is 0 Å². The molecular weight excluding hydrogens is 222 g/mol. The second kappa shape index (κ2) is 5.03. The molecule has 0 fully saturated rings. The molecule has 0 radical (unpaired) electrons. The smallest absolute Gasteiger partial charge is 0.240 e. The van der Waals surface area contributed by atoms with E-state index in [-0.39, 0.29) is 6.61 Å². The Morgan fingerprint density at radius 3 is 3.06 bits per heavy atom. The standard InChI is InChI=1S/C11H15N3O3/c1-17-11-9-3-2-7(4-10(9)13-14-11)12-5-8(16)6-15/h2-4,8,12,15-16H,5-6H2,1H3,(H,13,14). The van der Waals surface area contributed by atoms with E-state index >= 15 is 0 Å². The topological polar surface area (TPSA) is 90.4 Å². The van der Waals surface area contributed by atoms with E-state index < -0.39 is 6.10 Å². The Balaban J connectivity index is 2.15. The molecule has 0 aliphatic rings. The van der Waals surface area contributed by atoms with E-state index in [1.54, 1.807) is 7.11 Å². The number of ether oxygens (including phenoxy) is 1. The average molecular weight is 237 g/mol. The molecule has 0 saturated heterocycles. The molecular formula is C11H15N3O3. The number of H-pyrrole nitrogens is 1. The Morgan fingerprint density at radius 2 is 2.35 bits per heavy atom. The molecule has 1 heterocycles. The molecule has 6 heteroatoms. The number of nitrogens with one attached hydrogen (secondary N) is 2. The van der Waals surface area contributed by atoms with Crippen molar-refractivity contribution in [1.29, 1.82) is 0 Å². The minimum atomic E-state index is -0.762. The number of methoxy groups -OCH3 is 1. The number of benzene rings is 1. The molecule has 4 N–H and O–H groups in total. The van der Waals surface area contributed by atoms with Crippen LogP contribution in [0.3, 0.4) is 0 Å². The van der Waals surface area contributed by atoms with Gasteiger partial charge in [-0.3, -0.25) is 5.10 Å². The quantitative estimate of drug-likeness (QED) is 0.602. The summed E-state index contributed by atoms with van der Waals surface area (Å²) < 4.78 is 5.09. The van der Waals surface area contributed by atoms with Crippen LogP contribution in [-0.4, -0.2) is 46.8 Å². The molecule has 17 heavy (non-hydrogen) atoms. The molecule has 0 bridgehead atoms. The first kappa shape index (κ1) is 11.7. The van der Waals surface area contributed by atoms with Gasteiger partial charge in [0.1, 0.15) is 0 Å². The Kier molecular flexibility index (Phi) is 3.46. The third kappa shape index (κ3) is 2.48. The molecule has 92 valence electrons. The number of anilines is 1. The zero-order valence-corrected chi connectivity index (χ0v) is 9.47. The summed E-state index contributed by atoms with van der Waals surface area (Å²) in [5.41, 5.74) is 1.70. The maximum Gasteiger partial charge on any atom is 0.240 e. The predicted molar refractivity (Wildman–Crippen MR) is 64.2 cm³/mol. The van der Waals surface area contributed by atoms with Crippen molar-refractivity contribution >= 4 is 16.6 Å². The van der Waals surface area contributed by atoms with Crippen molar-refractivity contribution in [3.63, 3.8) is 0 Å². The summed E-state index contributed by atoms with van der Waals surface area (Å²) in [6.07, 6.45) is -0.762. The van der Waals surface area contributed by atoms with Crippen LogP contribution < -0.4 is 10.1 Å². The first-order valence-electron chi connectivity index (χ1n) is 5.29. The van der Waals surface area contributed by atoms with E-state index in [0.717, 1.165) is 16.6 Å². The summed E-state index contributed by atoms with van der Waals surface area (Å²) in [4.78, 5) is 0. The van der Waals surface area contributed by atoms with Crippen LogP contribution in [0.1, 0.15) is 0 Å². The third-order valence-electron chi connectivity index (χ3n) is 2.47. The van der Waals surface area contributed by atoms with E-state index in [0.29, 0.717) is 12.4 Å². The number of fused-ring (bicyclic) bond motifs is 1. The minimum Gasteiger partial charge on any atom is -0.480 e. The van der Waals surface area contributed by atoms with Gasteiger partial charge in [0.05, 0.1) is 30.7 Å². The fraction of sp³-hybridized carbons (Fsp3) is 0.364. The lowest BCUT2D eigenvalue weighted by Gasteiger charge is -2.09. The van der Waals surface area contributed by atoms with Crippen molar-refractivity contribution < 1.29 is 14.9 Å². The monoisotopic (exact) mass is 237 g/mol. The Morgan fingerprint density at radius 1 is 1.53 bits per heavy atom. The lowest BCUT2D eigenvalue weighted by Crippen LogP contribution is -2.22. The molecule has 2 rings (SSSR count). The Bertz CT molecular complexity index is 498. The first-order valence-corrected chi connectivity index (χ1v) is 5.29. The Labute approximate surface area is 98.2 Å². The van der Waals surface area contributed by atoms with Gasteiger partial charge in [0.15, 0.2) is 0 Å². The lowest BCUT2D eigenvalue weighted by atomic mass is 10.2. The maximum atomic E-state index is 9.22. The molecule has 0 aliphatic heterocycles. The number of aromatic amines is 1. The van der Waals surface area contributed by atoms with E-state index in [9.17, 15) is 5.11 Å². The van der Waals surface area contributed by atoms with Gasteiger partial charge in [0, 0.05) is 12.2 Å². The highest BCUT2D eigenvalue weighted by molar-refractivity contribution is 5.86. The van der Waals surface area contributed by atoms with Gasteiger partial charge in [-0.15, -0.1) is 5.10 Å². The molecule has 0 amide bonds. The number of nitrogens with zero attached hydrogens (tertiary/aromatic N) is 1. The van der Waals surface area contributed by atoms with Gasteiger partial charge in [-0.25, -0.2) is 0 Å². The summed E-state index contributed by atoms with van der Waals surface area (Å²) in [5, 5.41) is 28.7. The largest absolute Gasteiger partial charge is 0.480 e. The van der Waals surface area contributed by atoms with Crippen LogP contribution in [0.25, 0.3) is 10.9 Å². The molecule has 1 atom stereocenters. The first-order chi connectivity index (χ1) is 8.24. The van der Waals surface area contributed by atoms with Crippen molar-refractivity contribution in [2.75, 3.05) is 25.6 Å². The molecule has 1 aromatic carbocycles. The van der Waals surface area contributed by atoms with Gasteiger partial charge < -0.3 is 20.3 Å². The zero-order chi connectivity index (χ0) is 12.3. The van der Waals surface area contributed by atoms with E-state index in [2.05, 4.69) is 15.5 Å². The molecule has 0 aliphatic carbocycles. The number of hydrogen-bond donors (Lipinski definition) is 4. The van der Waals surface area contributed by atoms with Crippen LogP contribution in [0.5, 0.6) is 5.88 Å². The fourth-order valence-corrected chi connectivity index (χ4v) is 1.56. The van der Waals surface area contributed by atoms with Gasteiger partial charge in [0.2, 0.25) is 5.88 Å². The van der Waals surface area contributed by atoms with Crippen molar-refractivity contribution in [1.82, 2.24) is 10.2 Å². The molecule has 1 aromatic heterocycles. The highest BCUT2D eigenvalue weighted by Gasteiger charge is 2.06. The van der Waals surface area contributed by atoms with Crippen LogP contribution in [0.15, 0.2) is 18.2 Å². The summed E-state index contributed by atoms with van der Waals surface area (Å²) in [6, 6.07) is 5.62. The van der Waals surface area contributed by atoms with Crippen molar-refractivity contribution in [3.05, 3.63) is 18.2 Å². The normalized spacial score (nSPS) is 12.6. The molecule has 0 spiro atoms. The highest BCUT2D eigenvalue weighted by Crippen LogP contribution is 2.24. The Hall–Kier alpha value is -1.79. The number of aromatic nitrogens is 2. The SMILES string of the molecule is COc1n[nH]c2cc(NCC(O)CO)ccc12. The van der Waals surface area contributed by atoms with Gasteiger partial charge in [-0.05, 0) is 18.2 Å².